The lowest BCUT2D eigenvalue weighted by Crippen LogP contribution is -2.27. The van der Waals surface area contributed by atoms with E-state index >= 15 is 0 Å². The highest BCUT2D eigenvalue weighted by Gasteiger charge is 2.27. The van der Waals surface area contributed by atoms with Gasteiger partial charge in [-0.1, -0.05) is 42.0 Å². The lowest BCUT2D eigenvalue weighted by molar-refractivity contribution is -0.176. The molecule has 9 heteroatoms. The topological polar surface area (TPSA) is 42.1 Å². The number of alkyl halides is 3. The van der Waals surface area contributed by atoms with Crippen LogP contribution in [0.4, 0.5) is 13.2 Å². The minimum atomic E-state index is -4.41. The third-order valence-electron chi connectivity index (χ3n) is 4.18. The Morgan fingerprint density at radius 3 is 2.36 bits per heavy atom. The predicted octanol–water partition coefficient (Wildman–Crippen LogP) is 2.89. The third kappa shape index (κ3) is 4.53. The van der Waals surface area contributed by atoms with Crippen molar-refractivity contribution in [2.24, 2.45) is 0 Å². The lowest BCUT2D eigenvalue weighted by atomic mass is 9.39. The molecule has 0 unspecified atom stereocenters. The molecule has 3 rings (SSSR count). The molecule has 0 aliphatic carbocycles. The van der Waals surface area contributed by atoms with Crippen molar-refractivity contribution >= 4 is 34.3 Å². The fraction of sp³-hybridized carbons (Fsp3) is 0.211. The molecule has 6 radical (unpaired) electrons. The van der Waals surface area contributed by atoms with Gasteiger partial charge in [-0.3, -0.25) is 4.79 Å². The van der Waals surface area contributed by atoms with E-state index in [1.165, 1.54) is 12.3 Å². The summed E-state index contributed by atoms with van der Waals surface area (Å²) >= 11 is 0. The number of benzene rings is 2. The number of fused-ring (bicyclic) bond motifs is 1. The Balaban J connectivity index is 2.06. The molecule has 0 amide bonds. The molecule has 0 spiro atoms. The van der Waals surface area contributed by atoms with Crippen LogP contribution in [0.15, 0.2) is 53.5 Å². The van der Waals surface area contributed by atoms with E-state index in [-0.39, 0.29) is 12.2 Å². The van der Waals surface area contributed by atoms with E-state index in [0.29, 0.717) is 33.0 Å². The van der Waals surface area contributed by atoms with E-state index < -0.39 is 17.9 Å². The summed E-state index contributed by atoms with van der Waals surface area (Å²) in [7, 11) is 17.6. The molecule has 1 aromatic heterocycles. The van der Waals surface area contributed by atoms with Crippen LogP contribution in [0.25, 0.3) is 21.9 Å². The van der Waals surface area contributed by atoms with Crippen molar-refractivity contribution in [3.63, 3.8) is 0 Å². The zero-order valence-corrected chi connectivity index (χ0v) is 14.7. The van der Waals surface area contributed by atoms with Crippen LogP contribution in [0.2, 0.25) is 0 Å². The van der Waals surface area contributed by atoms with Crippen LogP contribution in [-0.4, -0.2) is 41.3 Å². The SMILES string of the molecule is [B]C([B])([B])c1ccccc1-c1c[nH]c(=O)c2cc(COCC(F)(F)F)ccc12. The Labute approximate surface area is 163 Å². The normalized spacial score (nSPS) is 12.4. The average Bonchev–Trinajstić information content (AvgIpc) is 2.61. The molecule has 0 bridgehead atoms. The highest BCUT2D eigenvalue weighted by atomic mass is 19.4. The fourth-order valence-electron chi connectivity index (χ4n) is 3.00. The number of H-pyrrole nitrogens is 1. The second-order valence-electron chi connectivity index (χ2n) is 6.50. The number of halogens is 3. The largest absolute Gasteiger partial charge is 0.411 e. The Morgan fingerprint density at radius 1 is 0.964 bits per heavy atom. The van der Waals surface area contributed by atoms with Crippen molar-refractivity contribution in [2.75, 3.05) is 6.61 Å². The molecule has 3 aromatic rings. The first-order valence-corrected chi connectivity index (χ1v) is 8.31. The molecular formula is C19H13B3F3NO2. The Morgan fingerprint density at radius 2 is 1.68 bits per heavy atom. The van der Waals surface area contributed by atoms with Crippen LogP contribution >= 0.6 is 0 Å². The maximum absolute atomic E-state index is 12.3. The quantitative estimate of drug-likeness (QED) is 0.696. The van der Waals surface area contributed by atoms with E-state index in [1.807, 2.05) is 0 Å². The van der Waals surface area contributed by atoms with Gasteiger partial charge in [-0.15, -0.1) is 5.11 Å². The molecule has 0 atom stereocenters. The smallest absolute Gasteiger partial charge is 0.367 e. The van der Waals surface area contributed by atoms with Crippen molar-refractivity contribution < 1.29 is 17.9 Å². The summed E-state index contributed by atoms with van der Waals surface area (Å²) in [6.45, 7) is -1.63. The number of hydrogen-bond donors (Lipinski definition) is 1. The molecule has 0 aliphatic heterocycles. The number of hydrogen-bond acceptors (Lipinski definition) is 2. The van der Waals surface area contributed by atoms with Gasteiger partial charge in [0.2, 0.25) is 0 Å². The molecule has 2 aromatic carbocycles. The van der Waals surface area contributed by atoms with Crippen molar-refractivity contribution in [1.82, 2.24) is 4.98 Å². The minimum Gasteiger partial charge on any atom is -0.367 e. The van der Waals surface area contributed by atoms with E-state index in [9.17, 15) is 18.0 Å². The molecular weight excluding hydrogens is 364 g/mol. The summed E-state index contributed by atoms with van der Waals surface area (Å²) in [5, 5.41) is -0.707. The molecule has 0 aliphatic rings. The number of pyridine rings is 1. The first-order chi connectivity index (χ1) is 13.1. The molecule has 1 N–H and O–H groups in total. The van der Waals surface area contributed by atoms with Crippen molar-refractivity contribution in [3.8, 4) is 11.1 Å². The van der Waals surface area contributed by atoms with Crippen molar-refractivity contribution in [2.45, 2.75) is 17.9 Å². The van der Waals surface area contributed by atoms with Crippen LogP contribution in [-0.2, 0) is 16.5 Å². The van der Waals surface area contributed by atoms with Gasteiger partial charge in [0.05, 0.1) is 30.1 Å². The first kappa shape index (κ1) is 20.3. The summed E-state index contributed by atoms with van der Waals surface area (Å²) in [6.07, 6.45) is -2.89. The summed E-state index contributed by atoms with van der Waals surface area (Å²) in [5.74, 6) is 0. The molecule has 136 valence electrons. The van der Waals surface area contributed by atoms with Gasteiger partial charge in [0.25, 0.3) is 5.56 Å². The van der Waals surface area contributed by atoms with E-state index in [2.05, 4.69) is 9.72 Å². The van der Waals surface area contributed by atoms with E-state index in [4.69, 9.17) is 23.5 Å². The van der Waals surface area contributed by atoms with Gasteiger partial charge in [0, 0.05) is 17.1 Å². The maximum atomic E-state index is 12.3. The number of aromatic amines is 1. The summed E-state index contributed by atoms with van der Waals surface area (Å²) < 4.78 is 41.4. The highest BCUT2D eigenvalue weighted by molar-refractivity contribution is 6.59. The van der Waals surface area contributed by atoms with Crippen molar-refractivity contribution in [3.05, 3.63) is 70.1 Å². The zero-order chi connectivity index (χ0) is 20.5. The van der Waals surface area contributed by atoms with E-state index in [0.717, 1.165) is 0 Å². The summed E-state index contributed by atoms with van der Waals surface area (Å²) in [4.78, 5) is 14.9. The van der Waals surface area contributed by atoms with Gasteiger partial charge in [-0.25, -0.2) is 0 Å². The van der Waals surface area contributed by atoms with Gasteiger partial charge < -0.3 is 9.72 Å². The van der Waals surface area contributed by atoms with Crippen LogP contribution in [0.5, 0.6) is 0 Å². The molecule has 0 saturated heterocycles. The minimum absolute atomic E-state index is 0.271. The Hall–Kier alpha value is -2.41. The average molecular weight is 377 g/mol. The first-order valence-electron chi connectivity index (χ1n) is 8.31. The second-order valence-corrected chi connectivity index (χ2v) is 6.50. The van der Waals surface area contributed by atoms with Crippen LogP contribution < -0.4 is 5.56 Å². The Bertz CT molecular complexity index is 1060. The molecule has 0 saturated carbocycles. The van der Waals surface area contributed by atoms with Gasteiger partial charge in [0.1, 0.15) is 6.61 Å². The molecule has 3 nitrogen and oxygen atoms in total. The summed E-state index contributed by atoms with van der Waals surface area (Å²) in [6, 6.07) is 11.7. The number of aromatic nitrogens is 1. The third-order valence-corrected chi connectivity index (χ3v) is 4.18. The number of nitrogens with one attached hydrogen (secondary N) is 1. The summed E-state index contributed by atoms with van der Waals surface area (Å²) in [5.41, 5.74) is 1.81. The molecule has 1 heterocycles. The van der Waals surface area contributed by atoms with Crippen LogP contribution in [0.3, 0.4) is 0 Å². The monoisotopic (exact) mass is 377 g/mol. The van der Waals surface area contributed by atoms with Gasteiger partial charge >= 0.3 is 6.18 Å². The van der Waals surface area contributed by atoms with Crippen molar-refractivity contribution in [1.29, 1.82) is 0 Å². The lowest BCUT2D eigenvalue weighted by Gasteiger charge is -2.24. The molecule has 0 fully saturated rings. The van der Waals surface area contributed by atoms with Gasteiger partial charge in [0.15, 0.2) is 0 Å². The zero-order valence-electron chi connectivity index (χ0n) is 14.7. The van der Waals surface area contributed by atoms with Gasteiger partial charge in [-0.05, 0) is 22.6 Å². The molecule has 28 heavy (non-hydrogen) atoms. The second kappa shape index (κ2) is 7.55. The van der Waals surface area contributed by atoms with Crippen LogP contribution in [0, 0.1) is 0 Å². The number of ether oxygens (including phenoxy) is 1. The van der Waals surface area contributed by atoms with E-state index in [1.54, 1.807) is 36.4 Å². The predicted molar refractivity (Wildman–Crippen MR) is 105 cm³/mol. The standard InChI is InChI=1S/C19H13B3F3NO2/c20-19(21,22)16-4-2-1-3-13(16)15-8-26-17(27)14-7-11(5-6-12(14)15)9-28-10-18(23,24)25/h1-8H,9-10H2,(H,26,27). The fourth-order valence-corrected chi connectivity index (χ4v) is 3.00. The van der Waals surface area contributed by atoms with Gasteiger partial charge in [-0.2, -0.15) is 13.2 Å². The maximum Gasteiger partial charge on any atom is 0.411 e. The highest BCUT2D eigenvalue weighted by Crippen LogP contribution is 2.32. The Kier molecular flexibility index (Phi) is 5.48. The van der Waals surface area contributed by atoms with Crippen LogP contribution in [0.1, 0.15) is 11.1 Å². The number of rotatable bonds is 5.